The van der Waals surface area contributed by atoms with Gasteiger partial charge in [-0.15, -0.1) is 11.3 Å². The lowest BCUT2D eigenvalue weighted by molar-refractivity contribution is 0.0904. The van der Waals surface area contributed by atoms with E-state index in [0.29, 0.717) is 29.2 Å². The number of anilines is 1. The molecule has 1 aromatic heterocycles. The second kappa shape index (κ2) is 10.2. The van der Waals surface area contributed by atoms with Crippen LogP contribution < -0.4 is 15.4 Å². The average Bonchev–Trinajstić information content (AvgIpc) is 3.23. The average molecular weight is 439 g/mol. The summed E-state index contributed by atoms with van der Waals surface area (Å²) < 4.78 is 10.4. The predicted molar refractivity (Wildman–Crippen MR) is 124 cm³/mol. The molecule has 2 N–H and O–H groups in total. The first-order chi connectivity index (χ1) is 14.9. The lowest BCUT2D eigenvalue weighted by Crippen LogP contribution is -2.35. The zero-order valence-electron chi connectivity index (χ0n) is 18.0. The lowest BCUT2D eigenvalue weighted by atomic mass is 10.0. The SMILES string of the molecule is COCC(C)NC(=O)c1cc(NC(=O)c2cscc2OC)cc(-c2ccc(C)cc2)c1. The van der Waals surface area contributed by atoms with Crippen molar-refractivity contribution < 1.29 is 19.1 Å². The molecular formula is C24H26N2O4S. The van der Waals surface area contributed by atoms with Crippen molar-refractivity contribution in [2.24, 2.45) is 0 Å². The summed E-state index contributed by atoms with van der Waals surface area (Å²) in [5.74, 6) is -0.0102. The second-order valence-corrected chi connectivity index (χ2v) is 8.05. The van der Waals surface area contributed by atoms with Crippen molar-refractivity contribution in [3.05, 3.63) is 69.9 Å². The number of nitrogens with one attached hydrogen (secondary N) is 2. The van der Waals surface area contributed by atoms with E-state index in [1.54, 1.807) is 23.9 Å². The minimum atomic E-state index is -0.293. The van der Waals surface area contributed by atoms with Gasteiger partial charge in [-0.1, -0.05) is 29.8 Å². The summed E-state index contributed by atoms with van der Waals surface area (Å²) in [4.78, 5) is 25.6. The fraction of sp³-hybridized carbons (Fsp3) is 0.250. The number of hydrogen-bond acceptors (Lipinski definition) is 5. The maximum atomic E-state index is 12.8. The van der Waals surface area contributed by atoms with E-state index < -0.39 is 0 Å². The number of methoxy groups -OCH3 is 2. The van der Waals surface area contributed by atoms with Crippen molar-refractivity contribution in [3.8, 4) is 16.9 Å². The molecular weight excluding hydrogens is 412 g/mol. The van der Waals surface area contributed by atoms with Crippen molar-refractivity contribution in [2.75, 3.05) is 26.1 Å². The van der Waals surface area contributed by atoms with E-state index >= 15 is 0 Å². The van der Waals surface area contributed by atoms with Crippen molar-refractivity contribution in [1.82, 2.24) is 5.32 Å². The Bertz CT molecular complexity index is 1060. The second-order valence-electron chi connectivity index (χ2n) is 7.30. The molecule has 6 nitrogen and oxygen atoms in total. The minimum Gasteiger partial charge on any atom is -0.495 e. The Hall–Kier alpha value is -3.16. The quantitative estimate of drug-likeness (QED) is 0.532. The first-order valence-electron chi connectivity index (χ1n) is 9.84. The van der Waals surface area contributed by atoms with Gasteiger partial charge < -0.3 is 20.1 Å². The van der Waals surface area contributed by atoms with Gasteiger partial charge in [-0.25, -0.2) is 0 Å². The monoisotopic (exact) mass is 438 g/mol. The number of rotatable bonds is 8. The van der Waals surface area contributed by atoms with Crippen LogP contribution in [0.15, 0.2) is 53.2 Å². The Morgan fingerprint density at radius 2 is 1.74 bits per heavy atom. The summed E-state index contributed by atoms with van der Waals surface area (Å²) in [5.41, 5.74) is 4.36. The lowest BCUT2D eigenvalue weighted by Gasteiger charge is -2.15. The summed E-state index contributed by atoms with van der Waals surface area (Å²) in [5, 5.41) is 9.32. The maximum Gasteiger partial charge on any atom is 0.260 e. The zero-order chi connectivity index (χ0) is 22.4. The van der Waals surface area contributed by atoms with Crippen LogP contribution in [-0.2, 0) is 4.74 Å². The molecule has 0 saturated heterocycles. The third kappa shape index (κ3) is 5.71. The number of thiophene rings is 1. The fourth-order valence-corrected chi connectivity index (χ4v) is 3.92. The minimum absolute atomic E-state index is 0.145. The fourth-order valence-electron chi connectivity index (χ4n) is 3.15. The number of ether oxygens (including phenoxy) is 2. The molecule has 0 aliphatic carbocycles. The molecule has 7 heteroatoms. The number of amides is 2. The molecule has 1 heterocycles. The molecule has 0 spiro atoms. The van der Waals surface area contributed by atoms with Crippen LogP contribution in [0.25, 0.3) is 11.1 Å². The van der Waals surface area contributed by atoms with E-state index in [-0.39, 0.29) is 17.9 Å². The molecule has 0 fully saturated rings. The van der Waals surface area contributed by atoms with Crippen molar-refractivity contribution in [2.45, 2.75) is 19.9 Å². The Morgan fingerprint density at radius 1 is 1.00 bits per heavy atom. The molecule has 162 valence electrons. The first-order valence-corrected chi connectivity index (χ1v) is 10.8. The number of carbonyl (C=O) groups excluding carboxylic acids is 2. The predicted octanol–water partition coefficient (Wildman–Crippen LogP) is 4.75. The van der Waals surface area contributed by atoms with Gasteiger partial charge in [-0.05, 0) is 43.2 Å². The van der Waals surface area contributed by atoms with Crippen LogP contribution in [0, 0.1) is 6.92 Å². The molecule has 2 aromatic carbocycles. The van der Waals surface area contributed by atoms with Crippen LogP contribution in [-0.4, -0.2) is 38.7 Å². The molecule has 1 atom stereocenters. The highest BCUT2D eigenvalue weighted by Gasteiger charge is 2.17. The molecule has 0 saturated carbocycles. The van der Waals surface area contributed by atoms with Crippen molar-refractivity contribution >= 4 is 28.8 Å². The van der Waals surface area contributed by atoms with Gasteiger partial charge in [0.1, 0.15) is 5.75 Å². The molecule has 3 rings (SSSR count). The third-order valence-electron chi connectivity index (χ3n) is 4.72. The number of carbonyl (C=O) groups is 2. The van der Waals surface area contributed by atoms with E-state index in [4.69, 9.17) is 9.47 Å². The highest BCUT2D eigenvalue weighted by atomic mass is 32.1. The van der Waals surface area contributed by atoms with Gasteiger partial charge in [0.05, 0.1) is 19.3 Å². The van der Waals surface area contributed by atoms with Gasteiger partial charge >= 0.3 is 0 Å². The third-order valence-corrected chi connectivity index (χ3v) is 5.45. The van der Waals surface area contributed by atoms with Gasteiger partial charge in [0.2, 0.25) is 0 Å². The van der Waals surface area contributed by atoms with Crippen LogP contribution in [0.4, 0.5) is 5.69 Å². The highest BCUT2D eigenvalue weighted by molar-refractivity contribution is 7.08. The van der Waals surface area contributed by atoms with Gasteiger partial charge in [-0.3, -0.25) is 9.59 Å². The molecule has 0 bridgehead atoms. The molecule has 3 aromatic rings. The zero-order valence-corrected chi connectivity index (χ0v) is 18.8. The van der Waals surface area contributed by atoms with Crippen molar-refractivity contribution in [1.29, 1.82) is 0 Å². The maximum absolute atomic E-state index is 12.8. The normalized spacial score (nSPS) is 11.6. The van der Waals surface area contributed by atoms with Crippen LogP contribution in [0.3, 0.4) is 0 Å². The Balaban J connectivity index is 1.95. The number of aryl methyl sites for hydroxylation is 1. The van der Waals surface area contributed by atoms with Gasteiger partial charge in [-0.2, -0.15) is 0 Å². The summed E-state index contributed by atoms with van der Waals surface area (Å²) in [6, 6.07) is 13.2. The number of benzene rings is 2. The van der Waals surface area contributed by atoms with Crippen molar-refractivity contribution in [3.63, 3.8) is 0 Å². The van der Waals surface area contributed by atoms with E-state index in [2.05, 4.69) is 10.6 Å². The van der Waals surface area contributed by atoms with Gasteiger partial charge in [0.15, 0.2) is 0 Å². The molecule has 0 aliphatic rings. The molecule has 0 radical (unpaired) electrons. The van der Waals surface area contributed by atoms with Crippen LogP contribution in [0.5, 0.6) is 5.75 Å². The molecule has 1 unspecified atom stereocenters. The first kappa shape index (κ1) is 22.5. The van der Waals surface area contributed by atoms with E-state index in [0.717, 1.165) is 16.7 Å². The number of hydrogen-bond donors (Lipinski definition) is 2. The Morgan fingerprint density at radius 3 is 2.42 bits per heavy atom. The van der Waals surface area contributed by atoms with Gasteiger partial charge in [0, 0.05) is 35.2 Å². The van der Waals surface area contributed by atoms with Crippen LogP contribution in [0.1, 0.15) is 33.2 Å². The molecule has 31 heavy (non-hydrogen) atoms. The van der Waals surface area contributed by atoms with E-state index in [1.165, 1.54) is 18.4 Å². The van der Waals surface area contributed by atoms with E-state index in [9.17, 15) is 9.59 Å². The van der Waals surface area contributed by atoms with Crippen LogP contribution in [0.2, 0.25) is 0 Å². The van der Waals surface area contributed by atoms with Gasteiger partial charge in [0.25, 0.3) is 11.8 Å². The van der Waals surface area contributed by atoms with Crippen LogP contribution >= 0.6 is 11.3 Å². The largest absolute Gasteiger partial charge is 0.495 e. The summed E-state index contributed by atoms with van der Waals surface area (Å²) in [7, 11) is 3.12. The summed E-state index contributed by atoms with van der Waals surface area (Å²) >= 11 is 1.39. The summed E-state index contributed by atoms with van der Waals surface area (Å²) in [6.07, 6.45) is 0. The topological polar surface area (TPSA) is 76.7 Å². The molecule has 0 aliphatic heterocycles. The smallest absolute Gasteiger partial charge is 0.260 e. The standard InChI is InChI=1S/C24H26N2O4S/c1-15-5-7-17(8-6-15)18-9-19(23(27)25-16(2)12-29-3)11-20(10-18)26-24(28)21-13-31-14-22(21)30-4/h5-11,13-14,16H,12H2,1-4H3,(H,25,27)(H,26,28). The molecule has 2 amide bonds. The Kier molecular flexibility index (Phi) is 7.44. The van der Waals surface area contributed by atoms with E-state index in [1.807, 2.05) is 50.2 Å². The summed E-state index contributed by atoms with van der Waals surface area (Å²) in [6.45, 7) is 4.30. The highest BCUT2D eigenvalue weighted by Crippen LogP contribution is 2.28. The Labute approximate surface area is 186 Å².